The molecule has 1 atom stereocenters. The highest BCUT2D eigenvalue weighted by atomic mass is 79.9. The van der Waals surface area contributed by atoms with Gasteiger partial charge in [0, 0.05) is 22.5 Å². The molecule has 0 radical (unpaired) electrons. The summed E-state index contributed by atoms with van der Waals surface area (Å²) in [5.74, 6) is 1.00. The van der Waals surface area contributed by atoms with Crippen LogP contribution in [0.25, 0.3) is 0 Å². The van der Waals surface area contributed by atoms with E-state index in [-0.39, 0.29) is 5.56 Å². The molecule has 0 aliphatic heterocycles. The van der Waals surface area contributed by atoms with Crippen molar-refractivity contribution in [2.24, 2.45) is 11.8 Å². The largest absolute Gasteiger partial charge is 0.313 e. The molecule has 1 heterocycles. The summed E-state index contributed by atoms with van der Waals surface area (Å²) in [6, 6.07) is 1.78. The maximum absolute atomic E-state index is 11.9. The lowest BCUT2D eigenvalue weighted by Crippen LogP contribution is -2.27. The van der Waals surface area contributed by atoms with E-state index in [1.165, 1.54) is 0 Å². The van der Waals surface area contributed by atoms with Crippen LogP contribution in [0.1, 0.15) is 13.8 Å². The number of pyridine rings is 1. The molecule has 0 saturated carbocycles. The molecule has 0 bridgehead atoms. The van der Waals surface area contributed by atoms with Gasteiger partial charge in [-0.2, -0.15) is 0 Å². The summed E-state index contributed by atoms with van der Waals surface area (Å²) in [5, 5.41) is 0.904. The van der Waals surface area contributed by atoms with Crippen molar-refractivity contribution in [2.45, 2.75) is 20.4 Å². The second-order valence-corrected chi connectivity index (χ2v) is 6.54. The molecule has 90 valence electrons. The number of hydrogen-bond donors (Lipinski definition) is 0. The van der Waals surface area contributed by atoms with E-state index in [1.807, 2.05) is 6.20 Å². The van der Waals surface area contributed by atoms with Crippen LogP contribution in [0.2, 0.25) is 0 Å². The van der Waals surface area contributed by atoms with Crippen LogP contribution in [0.3, 0.4) is 0 Å². The molecule has 0 aliphatic rings. The number of halogens is 3. The summed E-state index contributed by atoms with van der Waals surface area (Å²) in [5.41, 5.74) is 0.0230. The first kappa shape index (κ1) is 14.5. The molecule has 0 aromatic carbocycles. The zero-order chi connectivity index (χ0) is 12.3. The Morgan fingerprint density at radius 1 is 1.38 bits per heavy atom. The minimum absolute atomic E-state index is 0.0230. The average molecular weight is 416 g/mol. The maximum Gasteiger partial charge on any atom is 0.264 e. The minimum Gasteiger partial charge on any atom is -0.313 e. The SMILES string of the molecule is CC(C)C(CBr)Cn1cc(Br)cc(Br)c1=O. The average Bonchev–Trinajstić information content (AvgIpc) is 2.20. The highest BCUT2D eigenvalue weighted by molar-refractivity contribution is 9.11. The minimum atomic E-state index is 0.0230. The predicted molar refractivity (Wildman–Crippen MR) is 78.2 cm³/mol. The molecular weight excluding hydrogens is 402 g/mol. The zero-order valence-electron chi connectivity index (χ0n) is 9.21. The number of nitrogens with zero attached hydrogens (tertiary/aromatic N) is 1. The van der Waals surface area contributed by atoms with E-state index in [0.717, 1.165) is 16.3 Å². The Bertz CT molecular complexity index is 414. The van der Waals surface area contributed by atoms with Crippen molar-refractivity contribution in [3.05, 3.63) is 31.6 Å². The van der Waals surface area contributed by atoms with Crippen LogP contribution in [0.5, 0.6) is 0 Å². The normalized spacial score (nSPS) is 13.1. The molecule has 1 unspecified atom stereocenters. The van der Waals surface area contributed by atoms with Crippen LogP contribution >= 0.6 is 47.8 Å². The van der Waals surface area contributed by atoms with Gasteiger partial charge < -0.3 is 4.57 Å². The van der Waals surface area contributed by atoms with E-state index in [2.05, 4.69) is 61.6 Å². The standard InChI is InChI=1S/C11H14Br3NO/c1-7(2)8(4-12)5-15-6-9(13)3-10(14)11(15)16/h3,6-8H,4-5H2,1-2H3. The number of alkyl halides is 1. The summed E-state index contributed by atoms with van der Waals surface area (Å²) in [4.78, 5) is 11.9. The predicted octanol–water partition coefficient (Wildman–Crippen LogP) is 4.04. The van der Waals surface area contributed by atoms with Gasteiger partial charge >= 0.3 is 0 Å². The highest BCUT2D eigenvalue weighted by Gasteiger charge is 2.14. The van der Waals surface area contributed by atoms with Crippen molar-refractivity contribution in [1.82, 2.24) is 4.57 Å². The van der Waals surface area contributed by atoms with E-state index in [9.17, 15) is 4.79 Å². The lowest BCUT2D eigenvalue weighted by atomic mass is 9.98. The molecular formula is C11H14Br3NO. The van der Waals surface area contributed by atoms with Crippen molar-refractivity contribution in [1.29, 1.82) is 0 Å². The van der Waals surface area contributed by atoms with Gasteiger partial charge in [0.15, 0.2) is 0 Å². The molecule has 0 N–H and O–H groups in total. The van der Waals surface area contributed by atoms with Gasteiger partial charge in [0.05, 0.1) is 4.47 Å². The van der Waals surface area contributed by atoms with Gasteiger partial charge in [-0.25, -0.2) is 0 Å². The molecule has 1 aromatic rings. The monoisotopic (exact) mass is 413 g/mol. The Balaban J connectivity index is 3.01. The molecule has 0 aliphatic carbocycles. The third kappa shape index (κ3) is 3.70. The van der Waals surface area contributed by atoms with Gasteiger partial charge in [-0.15, -0.1) is 0 Å². The fraction of sp³-hybridized carbons (Fsp3) is 0.545. The Morgan fingerprint density at radius 2 is 2.00 bits per heavy atom. The first-order valence-corrected chi connectivity index (χ1v) is 7.78. The van der Waals surface area contributed by atoms with Gasteiger partial charge in [-0.05, 0) is 49.8 Å². The van der Waals surface area contributed by atoms with Crippen molar-refractivity contribution in [3.8, 4) is 0 Å². The highest BCUT2D eigenvalue weighted by Crippen LogP contribution is 2.18. The first-order valence-electron chi connectivity index (χ1n) is 5.07. The van der Waals surface area contributed by atoms with Crippen LogP contribution in [-0.4, -0.2) is 9.90 Å². The van der Waals surface area contributed by atoms with Gasteiger partial charge in [-0.3, -0.25) is 4.79 Å². The van der Waals surface area contributed by atoms with Crippen LogP contribution < -0.4 is 5.56 Å². The Hall–Kier alpha value is 0.390. The second kappa shape index (κ2) is 6.36. The smallest absolute Gasteiger partial charge is 0.264 e. The zero-order valence-corrected chi connectivity index (χ0v) is 14.0. The lowest BCUT2D eigenvalue weighted by Gasteiger charge is -2.19. The third-order valence-electron chi connectivity index (χ3n) is 2.58. The molecule has 0 fully saturated rings. The summed E-state index contributed by atoms with van der Waals surface area (Å²) >= 11 is 10.2. The number of aromatic nitrogens is 1. The van der Waals surface area contributed by atoms with Crippen molar-refractivity contribution in [3.63, 3.8) is 0 Å². The quantitative estimate of drug-likeness (QED) is 0.680. The van der Waals surface area contributed by atoms with E-state index in [4.69, 9.17) is 0 Å². The van der Waals surface area contributed by atoms with E-state index < -0.39 is 0 Å². The molecule has 1 rings (SSSR count). The molecule has 16 heavy (non-hydrogen) atoms. The topological polar surface area (TPSA) is 22.0 Å². The Kier molecular flexibility index (Phi) is 5.74. The van der Waals surface area contributed by atoms with Gasteiger partial charge in [0.1, 0.15) is 0 Å². The summed E-state index contributed by atoms with van der Waals surface area (Å²) in [6.45, 7) is 5.08. The van der Waals surface area contributed by atoms with E-state index in [1.54, 1.807) is 10.6 Å². The van der Waals surface area contributed by atoms with Crippen LogP contribution in [0.4, 0.5) is 0 Å². The van der Waals surface area contributed by atoms with Crippen LogP contribution in [0, 0.1) is 11.8 Å². The molecule has 0 saturated heterocycles. The van der Waals surface area contributed by atoms with Crippen molar-refractivity contribution >= 4 is 47.8 Å². The number of hydrogen-bond acceptors (Lipinski definition) is 1. The molecule has 0 spiro atoms. The molecule has 1 aromatic heterocycles. The van der Waals surface area contributed by atoms with Crippen LogP contribution in [-0.2, 0) is 6.54 Å². The van der Waals surface area contributed by atoms with E-state index >= 15 is 0 Å². The fourth-order valence-corrected chi connectivity index (χ4v) is 3.60. The Labute approximate surface area is 121 Å². The van der Waals surface area contributed by atoms with Gasteiger partial charge in [0.25, 0.3) is 5.56 Å². The first-order chi connectivity index (χ1) is 7.45. The van der Waals surface area contributed by atoms with Crippen LogP contribution in [0.15, 0.2) is 26.0 Å². The van der Waals surface area contributed by atoms with E-state index in [0.29, 0.717) is 16.3 Å². The fourth-order valence-electron chi connectivity index (χ4n) is 1.39. The lowest BCUT2D eigenvalue weighted by molar-refractivity contribution is 0.368. The van der Waals surface area contributed by atoms with Gasteiger partial charge in [-0.1, -0.05) is 29.8 Å². The van der Waals surface area contributed by atoms with Crippen molar-refractivity contribution < 1.29 is 0 Å². The molecule has 0 amide bonds. The molecule has 2 nitrogen and oxygen atoms in total. The maximum atomic E-state index is 11.9. The second-order valence-electron chi connectivity index (χ2n) is 4.12. The van der Waals surface area contributed by atoms with Crippen molar-refractivity contribution in [2.75, 3.05) is 5.33 Å². The summed E-state index contributed by atoms with van der Waals surface area (Å²) < 4.78 is 3.26. The molecule has 5 heteroatoms. The summed E-state index contributed by atoms with van der Waals surface area (Å²) in [6.07, 6.45) is 1.84. The number of rotatable bonds is 4. The Morgan fingerprint density at radius 3 is 2.50 bits per heavy atom. The van der Waals surface area contributed by atoms with Gasteiger partial charge in [0.2, 0.25) is 0 Å². The third-order valence-corrected chi connectivity index (χ3v) is 4.41. The summed E-state index contributed by atoms with van der Waals surface area (Å²) in [7, 11) is 0.